The Morgan fingerprint density at radius 3 is 2.41 bits per heavy atom. The topological polar surface area (TPSA) is 148 Å². The molecule has 29 heavy (non-hydrogen) atoms. The molecule has 2 rings (SSSR count). The fourth-order valence-electron chi connectivity index (χ4n) is 4.64. The Hall–Kier alpha value is -2.65. The van der Waals surface area contributed by atoms with Crippen LogP contribution in [0.15, 0.2) is 0 Å². The number of nitrogens with zero attached hydrogens (tertiary/aromatic N) is 1. The summed E-state index contributed by atoms with van der Waals surface area (Å²) >= 11 is 0. The number of carbonyl (C=O) groups is 5. The zero-order valence-corrected chi connectivity index (χ0v) is 17.5. The van der Waals surface area contributed by atoms with Gasteiger partial charge in [-0.2, -0.15) is 0 Å². The normalized spacial score (nSPS) is 27.0. The van der Waals surface area contributed by atoms with Crippen LogP contribution in [0, 0.1) is 17.3 Å². The molecule has 162 valence electrons. The van der Waals surface area contributed by atoms with E-state index in [4.69, 9.17) is 10.5 Å². The summed E-state index contributed by atoms with van der Waals surface area (Å²) in [5.41, 5.74) is 3.76. The molecule has 0 bridgehead atoms. The molecule has 0 aromatic rings. The maximum absolute atomic E-state index is 13.1. The van der Waals surface area contributed by atoms with Crippen LogP contribution in [-0.2, 0) is 19.1 Å². The smallest absolute Gasteiger partial charge is 0.327 e. The number of carbonyl (C=O) groups excluding carboxylic acids is 5. The summed E-state index contributed by atoms with van der Waals surface area (Å²) in [5.74, 6) is -2.46. The van der Waals surface area contributed by atoms with Crippen LogP contribution in [0.4, 0.5) is 9.59 Å². The molecule has 10 nitrogen and oxygen atoms in total. The lowest BCUT2D eigenvalue weighted by Gasteiger charge is -2.43. The van der Waals surface area contributed by atoms with Crippen LogP contribution in [0.3, 0.4) is 0 Å². The molecule has 0 aromatic carbocycles. The number of rotatable bonds is 5. The van der Waals surface area contributed by atoms with Crippen molar-refractivity contribution in [3.63, 3.8) is 0 Å². The van der Waals surface area contributed by atoms with E-state index in [1.54, 1.807) is 13.8 Å². The van der Waals surface area contributed by atoms with Crippen molar-refractivity contribution in [3.05, 3.63) is 0 Å². The van der Waals surface area contributed by atoms with Crippen molar-refractivity contribution in [2.24, 2.45) is 23.0 Å². The summed E-state index contributed by atoms with van der Waals surface area (Å²) in [5, 5.41) is 4.64. The van der Waals surface area contributed by atoms with E-state index in [9.17, 15) is 24.0 Å². The van der Waals surface area contributed by atoms with E-state index in [1.165, 1.54) is 0 Å². The maximum atomic E-state index is 13.1. The van der Waals surface area contributed by atoms with E-state index in [0.29, 0.717) is 12.8 Å². The standard InChI is InChI=1S/C19H30N4O6/c1-10(2)13(14(25)21-16(20)27)29-12(24)8-23-15(26)19(22-17(23)28)7-11(3)6-18(4,5)9-19/h10-11,13H,6-9H2,1-5H3,(H,22,28)(H3,20,21,25,27)/t11-,13+,19+/m1/s1. The van der Waals surface area contributed by atoms with Crippen LogP contribution in [0.1, 0.15) is 53.9 Å². The lowest BCUT2D eigenvalue weighted by molar-refractivity contribution is -0.160. The van der Waals surface area contributed by atoms with Crippen molar-refractivity contribution < 1.29 is 28.7 Å². The number of nitrogens with one attached hydrogen (secondary N) is 2. The predicted octanol–water partition coefficient (Wildman–Crippen LogP) is 0.886. The first kappa shape index (κ1) is 22.6. The largest absolute Gasteiger partial charge is 0.451 e. The minimum atomic E-state index is -1.28. The van der Waals surface area contributed by atoms with Crippen LogP contribution in [0.25, 0.3) is 0 Å². The molecule has 1 heterocycles. The van der Waals surface area contributed by atoms with E-state index in [2.05, 4.69) is 5.32 Å². The molecule has 6 amide bonds. The average molecular weight is 410 g/mol. The predicted molar refractivity (Wildman–Crippen MR) is 102 cm³/mol. The van der Waals surface area contributed by atoms with Gasteiger partial charge < -0.3 is 15.8 Å². The number of hydrogen-bond acceptors (Lipinski definition) is 6. The maximum Gasteiger partial charge on any atom is 0.327 e. The molecule has 0 radical (unpaired) electrons. The lowest BCUT2D eigenvalue weighted by Crippen LogP contribution is -2.54. The van der Waals surface area contributed by atoms with Gasteiger partial charge in [0.05, 0.1) is 0 Å². The number of primary amides is 1. The molecule has 1 aliphatic heterocycles. The molecule has 10 heteroatoms. The Balaban J connectivity index is 2.10. The van der Waals surface area contributed by atoms with Gasteiger partial charge in [-0.3, -0.25) is 24.6 Å². The Kier molecular flexibility index (Phi) is 6.24. The molecule has 2 fully saturated rings. The number of esters is 1. The second-order valence-corrected chi connectivity index (χ2v) is 9.27. The second kappa shape index (κ2) is 8.00. The number of hydrogen-bond donors (Lipinski definition) is 3. The van der Waals surface area contributed by atoms with Gasteiger partial charge in [0.25, 0.3) is 11.8 Å². The highest BCUT2D eigenvalue weighted by atomic mass is 16.5. The second-order valence-electron chi connectivity index (χ2n) is 9.27. The highest BCUT2D eigenvalue weighted by Gasteiger charge is 2.56. The van der Waals surface area contributed by atoms with Crippen LogP contribution in [0.2, 0.25) is 0 Å². The van der Waals surface area contributed by atoms with Gasteiger partial charge in [-0.1, -0.05) is 34.6 Å². The molecule has 1 aliphatic carbocycles. The van der Waals surface area contributed by atoms with Crippen molar-refractivity contribution in [3.8, 4) is 0 Å². The molecular weight excluding hydrogens is 380 g/mol. The van der Waals surface area contributed by atoms with Crippen molar-refractivity contribution in [2.75, 3.05) is 6.54 Å². The first-order valence-corrected chi connectivity index (χ1v) is 9.70. The van der Waals surface area contributed by atoms with Gasteiger partial charge in [-0.15, -0.1) is 0 Å². The van der Waals surface area contributed by atoms with Crippen LogP contribution < -0.4 is 16.4 Å². The summed E-state index contributed by atoms with van der Waals surface area (Å²) in [4.78, 5) is 61.6. The lowest BCUT2D eigenvalue weighted by atomic mass is 9.64. The molecule has 0 unspecified atom stereocenters. The van der Waals surface area contributed by atoms with Gasteiger partial charge in [-0.25, -0.2) is 9.59 Å². The molecular formula is C19H30N4O6. The highest BCUT2D eigenvalue weighted by molar-refractivity contribution is 6.09. The minimum Gasteiger partial charge on any atom is -0.451 e. The van der Waals surface area contributed by atoms with Crippen LogP contribution in [0.5, 0.6) is 0 Å². The Labute approximate surface area is 169 Å². The average Bonchev–Trinajstić information content (AvgIpc) is 2.73. The molecule has 2 aliphatic rings. The Morgan fingerprint density at radius 2 is 1.90 bits per heavy atom. The Bertz CT molecular complexity index is 734. The summed E-state index contributed by atoms with van der Waals surface area (Å²) in [6.07, 6.45) is 0.641. The van der Waals surface area contributed by atoms with E-state index in [-0.39, 0.29) is 11.3 Å². The quantitative estimate of drug-likeness (QED) is 0.453. The van der Waals surface area contributed by atoms with Gasteiger partial charge in [0.2, 0.25) is 0 Å². The first-order chi connectivity index (χ1) is 13.3. The number of ether oxygens (including phenoxy) is 1. The number of nitrogens with two attached hydrogens (primary N) is 1. The molecule has 4 N–H and O–H groups in total. The SMILES string of the molecule is CC(C)[C@H](OC(=O)CN1C(=O)N[C@]2(C[C@H](C)CC(C)(C)C2)C1=O)C(=O)NC(N)=O. The third-order valence-corrected chi connectivity index (χ3v) is 5.28. The summed E-state index contributed by atoms with van der Waals surface area (Å²) in [7, 11) is 0. The monoisotopic (exact) mass is 410 g/mol. The fourth-order valence-corrected chi connectivity index (χ4v) is 4.64. The highest BCUT2D eigenvalue weighted by Crippen LogP contribution is 2.46. The molecule has 3 atom stereocenters. The van der Waals surface area contributed by atoms with Gasteiger partial charge in [0.15, 0.2) is 6.10 Å². The molecule has 1 saturated carbocycles. The zero-order valence-electron chi connectivity index (χ0n) is 17.5. The van der Waals surface area contributed by atoms with E-state index in [1.807, 2.05) is 26.1 Å². The van der Waals surface area contributed by atoms with Gasteiger partial charge in [0.1, 0.15) is 12.1 Å². The molecule has 1 spiro atoms. The van der Waals surface area contributed by atoms with Gasteiger partial charge >= 0.3 is 18.0 Å². The molecule has 0 aromatic heterocycles. The number of amides is 6. The summed E-state index contributed by atoms with van der Waals surface area (Å²) in [6.45, 7) is 8.74. The van der Waals surface area contributed by atoms with E-state index >= 15 is 0 Å². The van der Waals surface area contributed by atoms with Crippen molar-refractivity contribution in [1.82, 2.24) is 15.5 Å². The van der Waals surface area contributed by atoms with E-state index < -0.39 is 54.0 Å². The minimum absolute atomic E-state index is 0.132. The summed E-state index contributed by atoms with van der Waals surface area (Å²) in [6, 6.07) is -1.72. The van der Waals surface area contributed by atoms with E-state index in [0.717, 1.165) is 11.3 Å². The van der Waals surface area contributed by atoms with Crippen LogP contribution >= 0.6 is 0 Å². The third kappa shape index (κ3) is 5.04. The fraction of sp³-hybridized carbons (Fsp3) is 0.737. The van der Waals surface area contributed by atoms with Crippen molar-refractivity contribution in [2.45, 2.75) is 65.5 Å². The summed E-state index contributed by atoms with van der Waals surface area (Å²) < 4.78 is 5.14. The first-order valence-electron chi connectivity index (χ1n) is 9.70. The van der Waals surface area contributed by atoms with Crippen molar-refractivity contribution in [1.29, 1.82) is 0 Å². The molecule has 1 saturated heterocycles. The van der Waals surface area contributed by atoms with Crippen LogP contribution in [-0.4, -0.2) is 52.9 Å². The van der Waals surface area contributed by atoms with Gasteiger partial charge in [-0.05, 0) is 36.5 Å². The third-order valence-electron chi connectivity index (χ3n) is 5.28. The number of imide groups is 2. The van der Waals surface area contributed by atoms with Gasteiger partial charge in [0, 0.05) is 0 Å². The number of urea groups is 2. The zero-order chi connectivity index (χ0) is 22.1. The van der Waals surface area contributed by atoms with Crippen molar-refractivity contribution >= 4 is 29.8 Å². The Morgan fingerprint density at radius 1 is 1.28 bits per heavy atom.